The van der Waals surface area contributed by atoms with Gasteiger partial charge in [0.15, 0.2) is 0 Å². The first-order valence-corrected chi connectivity index (χ1v) is 6.34. The molecule has 4 heteroatoms. The van der Waals surface area contributed by atoms with Crippen LogP contribution in [0.1, 0.15) is 33.3 Å². The van der Waals surface area contributed by atoms with Crippen molar-refractivity contribution >= 4 is 5.91 Å². The molecule has 3 rings (SSSR count). The number of nitrogens with two attached hydrogens (primary N) is 1. The van der Waals surface area contributed by atoms with Crippen LogP contribution >= 0.6 is 0 Å². The molecule has 0 spiro atoms. The molecule has 0 bridgehead atoms. The van der Waals surface area contributed by atoms with Gasteiger partial charge in [-0.2, -0.15) is 0 Å². The molecule has 1 amide bonds. The number of hydrogen-bond donors (Lipinski definition) is 2. The Morgan fingerprint density at radius 1 is 1.42 bits per heavy atom. The molecule has 0 aliphatic heterocycles. The summed E-state index contributed by atoms with van der Waals surface area (Å²) in [7, 11) is 0. The molecule has 1 aliphatic carbocycles. The van der Waals surface area contributed by atoms with Gasteiger partial charge in [-0.15, -0.1) is 0 Å². The highest BCUT2D eigenvalue weighted by Gasteiger charge is 2.31. The summed E-state index contributed by atoms with van der Waals surface area (Å²) in [5.41, 5.74) is 8.99. The summed E-state index contributed by atoms with van der Waals surface area (Å²) in [6.07, 6.45) is 2.27. The molecule has 0 fully saturated rings. The zero-order valence-corrected chi connectivity index (χ0v) is 10.7. The zero-order chi connectivity index (χ0) is 13.4. The minimum atomic E-state index is -0.144. The summed E-state index contributed by atoms with van der Waals surface area (Å²) >= 11 is 0. The van der Waals surface area contributed by atoms with Gasteiger partial charge in [0.25, 0.3) is 5.91 Å². The lowest BCUT2D eigenvalue weighted by Gasteiger charge is -2.18. The van der Waals surface area contributed by atoms with Crippen LogP contribution in [0.3, 0.4) is 0 Å². The lowest BCUT2D eigenvalue weighted by Crippen LogP contribution is -2.38. The van der Waals surface area contributed by atoms with Crippen molar-refractivity contribution in [2.45, 2.75) is 25.4 Å². The molecule has 2 aromatic rings. The highest BCUT2D eigenvalue weighted by molar-refractivity contribution is 5.94. The molecule has 1 aromatic carbocycles. The zero-order valence-electron chi connectivity index (χ0n) is 10.7. The third-order valence-corrected chi connectivity index (χ3v) is 3.55. The van der Waals surface area contributed by atoms with Gasteiger partial charge in [0, 0.05) is 6.04 Å². The van der Waals surface area contributed by atoms with Crippen molar-refractivity contribution in [3.63, 3.8) is 0 Å². The number of aryl methyl sites for hydroxylation is 1. The van der Waals surface area contributed by atoms with Crippen molar-refractivity contribution in [2.75, 3.05) is 0 Å². The number of furan rings is 1. The fourth-order valence-corrected chi connectivity index (χ4v) is 2.60. The Morgan fingerprint density at radius 2 is 2.21 bits per heavy atom. The molecule has 4 nitrogen and oxygen atoms in total. The Morgan fingerprint density at radius 3 is 2.95 bits per heavy atom. The van der Waals surface area contributed by atoms with Crippen molar-refractivity contribution in [2.24, 2.45) is 5.73 Å². The number of carbonyl (C=O) groups excluding carboxylic acids is 1. The van der Waals surface area contributed by atoms with E-state index < -0.39 is 0 Å². The molecule has 2 atom stereocenters. The quantitative estimate of drug-likeness (QED) is 0.862. The molecule has 0 saturated heterocycles. The first-order valence-electron chi connectivity index (χ1n) is 6.34. The Kier molecular flexibility index (Phi) is 2.87. The molecule has 1 aromatic heterocycles. The molecule has 3 N–H and O–H groups in total. The predicted molar refractivity (Wildman–Crippen MR) is 71.8 cm³/mol. The van der Waals surface area contributed by atoms with Crippen LogP contribution in [0.5, 0.6) is 0 Å². The summed E-state index contributed by atoms with van der Waals surface area (Å²) in [5.74, 6) is 0.579. The monoisotopic (exact) mass is 256 g/mol. The van der Waals surface area contributed by atoms with Crippen LogP contribution in [-0.4, -0.2) is 11.9 Å². The molecule has 0 saturated carbocycles. The van der Waals surface area contributed by atoms with Gasteiger partial charge in [0.1, 0.15) is 12.0 Å². The topological polar surface area (TPSA) is 68.3 Å². The van der Waals surface area contributed by atoms with Gasteiger partial charge in [0.2, 0.25) is 0 Å². The molecule has 1 heterocycles. The third-order valence-electron chi connectivity index (χ3n) is 3.55. The third kappa shape index (κ3) is 2.15. The van der Waals surface area contributed by atoms with Crippen LogP contribution < -0.4 is 11.1 Å². The van der Waals surface area contributed by atoms with Crippen LogP contribution in [-0.2, 0) is 6.42 Å². The van der Waals surface area contributed by atoms with Crippen LogP contribution in [0, 0.1) is 6.92 Å². The van der Waals surface area contributed by atoms with E-state index in [2.05, 4.69) is 11.4 Å². The van der Waals surface area contributed by atoms with E-state index in [-0.39, 0.29) is 18.0 Å². The van der Waals surface area contributed by atoms with Crippen LogP contribution in [0.2, 0.25) is 0 Å². The Hall–Kier alpha value is -2.07. The number of fused-ring (bicyclic) bond motifs is 1. The van der Waals surface area contributed by atoms with E-state index in [0.29, 0.717) is 5.56 Å². The Balaban J connectivity index is 1.82. The fourth-order valence-electron chi connectivity index (χ4n) is 2.60. The van der Waals surface area contributed by atoms with Crippen LogP contribution in [0.25, 0.3) is 0 Å². The van der Waals surface area contributed by atoms with Gasteiger partial charge >= 0.3 is 0 Å². The maximum Gasteiger partial charge on any atom is 0.255 e. The molecule has 1 aliphatic rings. The molecule has 0 radical (unpaired) electrons. The van der Waals surface area contributed by atoms with Crippen molar-refractivity contribution in [1.29, 1.82) is 0 Å². The van der Waals surface area contributed by atoms with Gasteiger partial charge in [0.05, 0.1) is 11.6 Å². The average Bonchev–Trinajstić information content (AvgIpc) is 2.95. The van der Waals surface area contributed by atoms with Crippen molar-refractivity contribution in [1.82, 2.24) is 5.32 Å². The number of amides is 1. The van der Waals surface area contributed by atoms with Crippen LogP contribution in [0.4, 0.5) is 0 Å². The lowest BCUT2D eigenvalue weighted by molar-refractivity contribution is 0.0932. The van der Waals surface area contributed by atoms with Crippen molar-refractivity contribution < 1.29 is 9.21 Å². The second-order valence-corrected chi connectivity index (χ2v) is 4.96. The Bertz CT molecular complexity index is 618. The van der Waals surface area contributed by atoms with E-state index in [9.17, 15) is 4.79 Å². The maximum absolute atomic E-state index is 12.1. The van der Waals surface area contributed by atoms with E-state index in [1.54, 1.807) is 6.07 Å². The van der Waals surface area contributed by atoms with Gasteiger partial charge in [-0.05, 0) is 30.5 Å². The predicted octanol–water partition coefficient (Wildman–Crippen LogP) is 1.94. The van der Waals surface area contributed by atoms with E-state index >= 15 is 0 Å². The van der Waals surface area contributed by atoms with E-state index in [0.717, 1.165) is 17.7 Å². The number of carbonyl (C=O) groups is 1. The normalized spacial score (nSPS) is 21.2. The van der Waals surface area contributed by atoms with Gasteiger partial charge < -0.3 is 15.5 Å². The molecular weight excluding hydrogens is 240 g/mol. The fraction of sp³-hybridized carbons (Fsp3) is 0.267. The van der Waals surface area contributed by atoms with E-state index in [1.807, 2.05) is 25.1 Å². The van der Waals surface area contributed by atoms with Crippen LogP contribution in [0.15, 0.2) is 41.0 Å². The molecule has 98 valence electrons. The molecule has 19 heavy (non-hydrogen) atoms. The molecule has 2 unspecified atom stereocenters. The van der Waals surface area contributed by atoms with Crippen molar-refractivity contribution in [3.05, 3.63) is 59.0 Å². The smallest absolute Gasteiger partial charge is 0.255 e. The SMILES string of the molecule is Cc1cc(C(=O)NC2c3ccccc3CC2N)co1. The standard InChI is InChI=1S/C15H16N2O2/c1-9-6-11(8-19-9)15(18)17-14-12-5-3-2-4-10(12)7-13(14)16/h2-6,8,13-14H,7,16H2,1H3,(H,17,18). The average molecular weight is 256 g/mol. The van der Waals surface area contributed by atoms with E-state index in [4.69, 9.17) is 10.2 Å². The number of nitrogens with one attached hydrogen (secondary N) is 1. The minimum absolute atomic E-state index is 0.0747. The van der Waals surface area contributed by atoms with Gasteiger partial charge in [-0.3, -0.25) is 4.79 Å². The summed E-state index contributed by atoms with van der Waals surface area (Å²) < 4.78 is 5.15. The summed E-state index contributed by atoms with van der Waals surface area (Å²) in [5, 5.41) is 2.99. The number of benzene rings is 1. The lowest BCUT2D eigenvalue weighted by atomic mass is 10.1. The summed E-state index contributed by atoms with van der Waals surface area (Å²) in [4.78, 5) is 12.1. The highest BCUT2D eigenvalue weighted by Crippen LogP contribution is 2.30. The molecular formula is C15H16N2O2. The largest absolute Gasteiger partial charge is 0.469 e. The minimum Gasteiger partial charge on any atom is -0.469 e. The Labute approximate surface area is 111 Å². The summed E-state index contributed by atoms with van der Waals surface area (Å²) in [6, 6.07) is 9.57. The second kappa shape index (κ2) is 4.55. The number of rotatable bonds is 2. The second-order valence-electron chi connectivity index (χ2n) is 4.96. The maximum atomic E-state index is 12.1. The van der Waals surface area contributed by atoms with Gasteiger partial charge in [-0.25, -0.2) is 0 Å². The summed E-state index contributed by atoms with van der Waals surface area (Å²) in [6.45, 7) is 1.81. The first kappa shape index (κ1) is 12.0. The van der Waals surface area contributed by atoms with Gasteiger partial charge in [-0.1, -0.05) is 24.3 Å². The first-order chi connectivity index (χ1) is 9.15. The highest BCUT2D eigenvalue weighted by atomic mass is 16.3. The van der Waals surface area contributed by atoms with Crippen molar-refractivity contribution in [3.8, 4) is 0 Å². The number of hydrogen-bond acceptors (Lipinski definition) is 3. The van der Waals surface area contributed by atoms with E-state index in [1.165, 1.54) is 11.8 Å².